The number of allylic oxidation sites excluding steroid dienone is 7. The van der Waals surface area contributed by atoms with Crippen molar-refractivity contribution >= 4 is 11.3 Å². The number of alkyl halides is 3. The minimum absolute atomic E-state index is 0.0594. The van der Waals surface area contributed by atoms with Crippen LogP contribution in [0.2, 0.25) is 0 Å². The summed E-state index contributed by atoms with van der Waals surface area (Å²) < 4.78 is 40.1. The molecule has 5 heteroatoms. The maximum atomic E-state index is 13.4. The van der Waals surface area contributed by atoms with E-state index in [1.807, 2.05) is 36.4 Å². The average molecular weight is 557 g/mol. The van der Waals surface area contributed by atoms with E-state index in [2.05, 4.69) is 81.8 Å². The molecule has 0 radical (unpaired) electrons. The molecule has 0 aliphatic heterocycles. The van der Waals surface area contributed by atoms with Crippen LogP contribution in [0.4, 0.5) is 13.2 Å². The van der Waals surface area contributed by atoms with Crippen LogP contribution < -0.4 is 10.6 Å². The Morgan fingerprint density at radius 1 is 0.780 bits per heavy atom. The average Bonchev–Trinajstić information content (AvgIpc) is 2.97. The highest BCUT2D eigenvalue weighted by Gasteiger charge is 2.33. The third-order valence-electron chi connectivity index (χ3n) is 7.07. The zero-order chi connectivity index (χ0) is 30.0. The van der Waals surface area contributed by atoms with Gasteiger partial charge in [0.25, 0.3) is 0 Å². The molecule has 0 aliphatic rings. The zero-order valence-electron chi connectivity index (χ0n) is 24.3. The van der Waals surface area contributed by atoms with Crippen LogP contribution >= 0.6 is 0 Å². The minimum Gasteiger partial charge on any atom is -0.384 e. The standard InChI is InChI=1S/C36H39F3N2/c1-7-25(3)27(5)21-31(33-14-10-9-13-26(33)4)22-32(8-2)41-24-30-19-17-29(18-20-30)23-40-28(6)34-15-11-12-16-35(34)36(37,38)39/h7,9-22,40-41H,1,6,8,23-24H2,2-5H3/b27-25+,31-21+,32-22+. The molecule has 3 rings (SSSR count). The molecule has 0 atom stereocenters. The van der Waals surface area contributed by atoms with E-state index in [-0.39, 0.29) is 11.3 Å². The van der Waals surface area contributed by atoms with Crippen molar-refractivity contribution in [3.63, 3.8) is 0 Å². The summed E-state index contributed by atoms with van der Waals surface area (Å²) in [7, 11) is 0. The predicted molar refractivity (Wildman–Crippen MR) is 167 cm³/mol. The lowest BCUT2D eigenvalue weighted by molar-refractivity contribution is -0.137. The van der Waals surface area contributed by atoms with E-state index in [0.717, 1.165) is 40.5 Å². The second kappa shape index (κ2) is 14.4. The fourth-order valence-corrected chi connectivity index (χ4v) is 4.36. The number of nitrogens with one attached hydrogen (secondary N) is 2. The molecule has 0 heterocycles. The van der Waals surface area contributed by atoms with Gasteiger partial charge in [0.05, 0.1) is 5.56 Å². The summed E-state index contributed by atoms with van der Waals surface area (Å²) in [6.45, 7) is 17.2. The minimum atomic E-state index is -4.43. The highest BCUT2D eigenvalue weighted by molar-refractivity contribution is 5.78. The van der Waals surface area contributed by atoms with Crippen molar-refractivity contribution in [2.75, 3.05) is 0 Å². The van der Waals surface area contributed by atoms with Crippen molar-refractivity contribution in [1.29, 1.82) is 0 Å². The van der Waals surface area contributed by atoms with E-state index in [9.17, 15) is 13.2 Å². The van der Waals surface area contributed by atoms with Crippen molar-refractivity contribution < 1.29 is 13.2 Å². The first-order valence-electron chi connectivity index (χ1n) is 13.7. The number of rotatable bonds is 12. The van der Waals surface area contributed by atoms with Crippen LogP contribution in [0.25, 0.3) is 11.3 Å². The van der Waals surface area contributed by atoms with Gasteiger partial charge in [0.15, 0.2) is 0 Å². The van der Waals surface area contributed by atoms with E-state index in [0.29, 0.717) is 13.1 Å². The second-order valence-corrected chi connectivity index (χ2v) is 10.1. The topological polar surface area (TPSA) is 24.1 Å². The first-order chi connectivity index (χ1) is 19.5. The SMILES string of the molecule is C=C/C(C)=C(C)/C=C(\C=C(/CC)NCc1ccc(CNC(=C)c2ccccc2C(F)(F)F)cc1)c1ccccc1C. The zero-order valence-corrected chi connectivity index (χ0v) is 24.3. The summed E-state index contributed by atoms with van der Waals surface area (Å²) in [6.07, 6.45) is 2.71. The van der Waals surface area contributed by atoms with E-state index in [4.69, 9.17) is 0 Å². The summed E-state index contributed by atoms with van der Waals surface area (Å²) in [4.78, 5) is 0. The van der Waals surface area contributed by atoms with Crippen molar-refractivity contribution in [2.24, 2.45) is 0 Å². The summed E-state index contributed by atoms with van der Waals surface area (Å²) in [6, 6.07) is 21.9. The van der Waals surface area contributed by atoms with E-state index >= 15 is 0 Å². The van der Waals surface area contributed by atoms with Gasteiger partial charge in [0, 0.05) is 30.0 Å². The van der Waals surface area contributed by atoms with Gasteiger partial charge < -0.3 is 10.6 Å². The molecule has 214 valence electrons. The van der Waals surface area contributed by atoms with Gasteiger partial charge in [0.1, 0.15) is 0 Å². The first-order valence-corrected chi connectivity index (χ1v) is 13.7. The Balaban J connectivity index is 1.70. The molecule has 0 aromatic heterocycles. The molecule has 0 fully saturated rings. The number of hydrogen-bond donors (Lipinski definition) is 2. The Labute approximate surface area is 242 Å². The smallest absolute Gasteiger partial charge is 0.384 e. The fourth-order valence-electron chi connectivity index (χ4n) is 4.36. The van der Waals surface area contributed by atoms with Gasteiger partial charge >= 0.3 is 6.18 Å². The first kappa shape index (κ1) is 31.3. The van der Waals surface area contributed by atoms with Crippen LogP contribution in [0.5, 0.6) is 0 Å². The molecular weight excluding hydrogens is 517 g/mol. The van der Waals surface area contributed by atoms with Gasteiger partial charge in [-0.1, -0.05) is 99.0 Å². The van der Waals surface area contributed by atoms with Crippen molar-refractivity contribution in [1.82, 2.24) is 10.6 Å². The Hall–Kier alpha value is -4.25. The molecule has 2 nitrogen and oxygen atoms in total. The van der Waals surface area contributed by atoms with Crippen LogP contribution in [0, 0.1) is 6.92 Å². The Bertz CT molecular complexity index is 1450. The summed E-state index contributed by atoms with van der Waals surface area (Å²) in [5, 5.41) is 6.62. The van der Waals surface area contributed by atoms with Crippen molar-refractivity contribution in [2.45, 2.75) is 53.4 Å². The van der Waals surface area contributed by atoms with Crippen LogP contribution in [0.3, 0.4) is 0 Å². The monoisotopic (exact) mass is 556 g/mol. The van der Waals surface area contributed by atoms with Crippen LogP contribution in [0.15, 0.2) is 121 Å². The molecule has 0 aliphatic carbocycles. The van der Waals surface area contributed by atoms with Gasteiger partial charge in [-0.15, -0.1) is 0 Å². The lowest BCUT2D eigenvalue weighted by Crippen LogP contribution is -2.16. The van der Waals surface area contributed by atoms with Crippen LogP contribution in [-0.4, -0.2) is 0 Å². The molecule has 0 amide bonds. The molecular formula is C36H39F3N2. The molecule has 0 saturated carbocycles. The molecule has 0 bridgehead atoms. The number of hydrogen-bond acceptors (Lipinski definition) is 2. The molecule has 3 aromatic carbocycles. The number of benzene rings is 3. The van der Waals surface area contributed by atoms with E-state index in [1.54, 1.807) is 6.07 Å². The molecule has 3 aromatic rings. The van der Waals surface area contributed by atoms with Crippen molar-refractivity contribution in [3.05, 3.63) is 154 Å². The van der Waals surface area contributed by atoms with E-state index in [1.165, 1.54) is 28.8 Å². The molecule has 2 N–H and O–H groups in total. The highest BCUT2D eigenvalue weighted by Crippen LogP contribution is 2.34. The van der Waals surface area contributed by atoms with Gasteiger partial charge in [0.2, 0.25) is 0 Å². The molecule has 0 spiro atoms. The molecule has 41 heavy (non-hydrogen) atoms. The van der Waals surface area contributed by atoms with Crippen LogP contribution in [-0.2, 0) is 19.3 Å². The van der Waals surface area contributed by atoms with Gasteiger partial charge in [-0.25, -0.2) is 0 Å². The maximum absolute atomic E-state index is 13.4. The number of aryl methyl sites for hydroxylation is 1. The van der Waals surface area contributed by atoms with Gasteiger partial charge in [-0.05, 0) is 78.3 Å². The lowest BCUT2D eigenvalue weighted by Gasteiger charge is -2.16. The lowest BCUT2D eigenvalue weighted by atomic mass is 9.96. The Morgan fingerprint density at radius 3 is 1.90 bits per heavy atom. The second-order valence-electron chi connectivity index (χ2n) is 10.1. The van der Waals surface area contributed by atoms with E-state index < -0.39 is 11.7 Å². The largest absolute Gasteiger partial charge is 0.417 e. The number of halogens is 3. The van der Waals surface area contributed by atoms with Crippen molar-refractivity contribution in [3.8, 4) is 0 Å². The summed E-state index contributed by atoms with van der Waals surface area (Å²) in [5.41, 5.74) is 8.63. The normalized spacial score (nSPS) is 13.0. The fraction of sp³-hybridized carbons (Fsp3) is 0.222. The van der Waals surface area contributed by atoms with Gasteiger partial charge in [-0.3, -0.25) is 0 Å². The highest BCUT2D eigenvalue weighted by atomic mass is 19.4. The van der Waals surface area contributed by atoms with Crippen LogP contribution in [0.1, 0.15) is 60.6 Å². The predicted octanol–water partition coefficient (Wildman–Crippen LogP) is 9.76. The quantitative estimate of drug-likeness (QED) is 0.217. The summed E-state index contributed by atoms with van der Waals surface area (Å²) in [5.74, 6) is 0. The summed E-state index contributed by atoms with van der Waals surface area (Å²) >= 11 is 0. The third kappa shape index (κ3) is 8.87. The molecule has 0 unspecified atom stereocenters. The third-order valence-corrected chi connectivity index (χ3v) is 7.07. The van der Waals surface area contributed by atoms with Gasteiger partial charge in [-0.2, -0.15) is 13.2 Å². The molecule has 0 saturated heterocycles. The maximum Gasteiger partial charge on any atom is 0.417 e. The Morgan fingerprint density at radius 2 is 1.34 bits per heavy atom. The Kier molecular flexibility index (Phi) is 11.0.